The van der Waals surface area contributed by atoms with Gasteiger partial charge in [-0.15, -0.1) is 0 Å². The minimum Gasteiger partial charge on any atom is -0.444 e. The molecule has 0 aromatic heterocycles. The summed E-state index contributed by atoms with van der Waals surface area (Å²) >= 11 is 0. The van der Waals surface area contributed by atoms with Crippen LogP contribution in [-0.4, -0.2) is 65.3 Å². The highest BCUT2D eigenvalue weighted by atomic mass is 16.6. The molecular weight excluding hydrogens is 542 g/mol. The van der Waals surface area contributed by atoms with E-state index in [0.29, 0.717) is 31.7 Å². The van der Waals surface area contributed by atoms with Gasteiger partial charge in [0.05, 0.1) is 0 Å². The van der Waals surface area contributed by atoms with Crippen LogP contribution in [0.2, 0.25) is 0 Å². The van der Waals surface area contributed by atoms with Crippen LogP contribution in [0, 0.1) is 13.8 Å². The summed E-state index contributed by atoms with van der Waals surface area (Å²) in [5.41, 5.74) is 6.70. The third-order valence-corrected chi connectivity index (χ3v) is 7.41. The number of carbonyl (C=O) groups excluding carboxylic acids is 3. The molecular formula is C35H45N3O5. The lowest BCUT2D eigenvalue weighted by Gasteiger charge is -2.29. The van der Waals surface area contributed by atoms with Crippen LogP contribution in [0.15, 0.2) is 48.6 Å². The fraction of sp³-hybridized carbons (Fsp3) is 0.457. The number of carbonyl (C=O) groups is 3. The number of aryl methyl sites for hydroxylation is 2. The lowest BCUT2D eigenvalue weighted by Crippen LogP contribution is -2.39. The zero-order valence-corrected chi connectivity index (χ0v) is 26.8. The second-order valence-corrected chi connectivity index (χ2v) is 13.3. The third kappa shape index (κ3) is 8.49. The monoisotopic (exact) mass is 587 g/mol. The van der Waals surface area contributed by atoms with Gasteiger partial charge >= 0.3 is 12.2 Å². The highest BCUT2D eigenvalue weighted by molar-refractivity contribution is 6.06. The van der Waals surface area contributed by atoms with E-state index < -0.39 is 11.2 Å². The quantitative estimate of drug-likeness (QED) is 0.398. The van der Waals surface area contributed by atoms with Crippen LogP contribution < -0.4 is 5.32 Å². The van der Waals surface area contributed by atoms with E-state index >= 15 is 0 Å². The van der Waals surface area contributed by atoms with Crippen molar-refractivity contribution in [2.24, 2.45) is 0 Å². The predicted octanol–water partition coefficient (Wildman–Crippen LogP) is 7.60. The Labute approximate surface area is 255 Å². The average molecular weight is 588 g/mol. The highest BCUT2D eigenvalue weighted by Crippen LogP contribution is 2.29. The standard InChI is InChI=1S/C35H45N3O5/c1-23-21-27(25-13-17-37(18-14-25)32(40)42-34(3,4)5)9-11-29(23)31(39)36-30-12-10-28(22-24(30)2)26-15-19-38(20-16-26)33(41)43-35(6,7)8/h9-13,15,21-22H,14,16-20H2,1-8H3,(H,36,39). The summed E-state index contributed by atoms with van der Waals surface area (Å²) < 4.78 is 11.0. The Morgan fingerprint density at radius 2 is 1.16 bits per heavy atom. The zero-order valence-electron chi connectivity index (χ0n) is 26.8. The minimum atomic E-state index is -0.519. The molecule has 2 aromatic rings. The Morgan fingerprint density at radius 1 is 0.698 bits per heavy atom. The summed E-state index contributed by atoms with van der Waals surface area (Å²) in [6.45, 7) is 17.3. The van der Waals surface area contributed by atoms with Gasteiger partial charge in [0.2, 0.25) is 0 Å². The summed E-state index contributed by atoms with van der Waals surface area (Å²) in [7, 11) is 0. The van der Waals surface area contributed by atoms with Gasteiger partial charge in [0.15, 0.2) is 0 Å². The maximum absolute atomic E-state index is 13.2. The average Bonchev–Trinajstić information content (AvgIpc) is 2.92. The number of nitrogens with one attached hydrogen (secondary N) is 1. The van der Waals surface area contributed by atoms with Crippen molar-refractivity contribution in [2.45, 2.75) is 79.4 Å². The van der Waals surface area contributed by atoms with E-state index in [1.807, 2.05) is 85.7 Å². The van der Waals surface area contributed by atoms with Gasteiger partial charge in [0.1, 0.15) is 11.2 Å². The summed E-state index contributed by atoms with van der Waals surface area (Å²) in [6, 6.07) is 11.9. The molecule has 0 saturated heterocycles. The number of amides is 3. The maximum atomic E-state index is 13.2. The largest absolute Gasteiger partial charge is 0.444 e. The maximum Gasteiger partial charge on any atom is 0.410 e. The molecule has 0 saturated carbocycles. The number of rotatable bonds is 4. The van der Waals surface area contributed by atoms with Crippen molar-refractivity contribution in [3.63, 3.8) is 0 Å². The second kappa shape index (κ2) is 12.7. The molecule has 2 aromatic carbocycles. The van der Waals surface area contributed by atoms with Crippen LogP contribution in [-0.2, 0) is 9.47 Å². The van der Waals surface area contributed by atoms with E-state index in [1.54, 1.807) is 9.80 Å². The molecule has 230 valence electrons. The molecule has 0 atom stereocenters. The van der Waals surface area contributed by atoms with E-state index in [2.05, 4.69) is 23.5 Å². The Bertz CT molecular complexity index is 1460. The molecule has 8 heteroatoms. The van der Waals surface area contributed by atoms with E-state index in [0.717, 1.165) is 46.4 Å². The van der Waals surface area contributed by atoms with Gasteiger partial charge in [-0.1, -0.05) is 30.4 Å². The predicted molar refractivity (Wildman–Crippen MR) is 171 cm³/mol. The van der Waals surface area contributed by atoms with E-state index in [4.69, 9.17) is 9.47 Å². The first-order chi connectivity index (χ1) is 20.1. The Kier molecular flexibility index (Phi) is 9.38. The van der Waals surface area contributed by atoms with Crippen molar-refractivity contribution >= 4 is 34.9 Å². The fourth-order valence-electron chi connectivity index (χ4n) is 5.16. The summed E-state index contributed by atoms with van der Waals surface area (Å²) in [4.78, 5) is 41.4. The number of anilines is 1. The fourth-order valence-corrected chi connectivity index (χ4v) is 5.16. The van der Waals surface area contributed by atoms with Crippen LogP contribution in [0.1, 0.15) is 87.0 Å². The Balaban J connectivity index is 1.37. The van der Waals surface area contributed by atoms with Gasteiger partial charge in [0, 0.05) is 37.4 Å². The van der Waals surface area contributed by atoms with Crippen molar-refractivity contribution in [1.82, 2.24) is 9.80 Å². The summed E-state index contributed by atoms with van der Waals surface area (Å²) in [5, 5.41) is 3.08. The van der Waals surface area contributed by atoms with Crippen molar-refractivity contribution in [1.29, 1.82) is 0 Å². The molecule has 0 fully saturated rings. The van der Waals surface area contributed by atoms with Gasteiger partial charge < -0.3 is 24.6 Å². The molecule has 0 bridgehead atoms. The Morgan fingerprint density at radius 3 is 1.56 bits per heavy atom. The number of hydrogen-bond acceptors (Lipinski definition) is 5. The molecule has 2 aliphatic heterocycles. The zero-order chi connectivity index (χ0) is 31.5. The van der Waals surface area contributed by atoms with E-state index in [-0.39, 0.29) is 18.1 Å². The molecule has 2 aliphatic rings. The van der Waals surface area contributed by atoms with Gasteiger partial charge in [0.25, 0.3) is 5.91 Å². The van der Waals surface area contributed by atoms with Gasteiger partial charge in [-0.25, -0.2) is 9.59 Å². The van der Waals surface area contributed by atoms with Crippen molar-refractivity contribution < 1.29 is 23.9 Å². The molecule has 43 heavy (non-hydrogen) atoms. The first-order valence-corrected chi connectivity index (χ1v) is 15.0. The third-order valence-electron chi connectivity index (χ3n) is 7.41. The van der Waals surface area contributed by atoms with Gasteiger partial charge in [-0.05, 0) is 120 Å². The second-order valence-electron chi connectivity index (χ2n) is 13.3. The SMILES string of the molecule is Cc1cc(C2=CCN(C(=O)OC(C)(C)C)CC2)ccc1NC(=O)c1ccc(C2=CCN(C(=O)OC(C)(C)C)CC2)cc1C. The topological polar surface area (TPSA) is 88.2 Å². The first-order valence-electron chi connectivity index (χ1n) is 15.0. The summed E-state index contributed by atoms with van der Waals surface area (Å²) in [5.74, 6) is -0.154. The molecule has 2 heterocycles. The molecule has 0 aliphatic carbocycles. The molecule has 8 nitrogen and oxygen atoms in total. The van der Waals surface area contributed by atoms with Crippen molar-refractivity contribution in [2.75, 3.05) is 31.5 Å². The van der Waals surface area contributed by atoms with Crippen LogP contribution in [0.4, 0.5) is 15.3 Å². The lowest BCUT2D eigenvalue weighted by molar-refractivity contribution is 0.0260. The van der Waals surface area contributed by atoms with Crippen LogP contribution in [0.3, 0.4) is 0 Å². The van der Waals surface area contributed by atoms with Crippen LogP contribution >= 0.6 is 0 Å². The normalized spacial score (nSPS) is 15.8. The molecule has 1 N–H and O–H groups in total. The molecule has 0 spiro atoms. The van der Waals surface area contributed by atoms with Crippen LogP contribution in [0.5, 0.6) is 0 Å². The molecule has 0 unspecified atom stereocenters. The number of benzene rings is 2. The van der Waals surface area contributed by atoms with Crippen LogP contribution in [0.25, 0.3) is 11.1 Å². The number of ether oxygens (including phenoxy) is 2. The molecule has 0 radical (unpaired) electrons. The molecule has 3 amide bonds. The molecule has 4 rings (SSSR count). The van der Waals surface area contributed by atoms with Crippen molar-refractivity contribution in [3.8, 4) is 0 Å². The summed E-state index contributed by atoms with van der Waals surface area (Å²) in [6.07, 6.45) is 5.01. The van der Waals surface area contributed by atoms with Gasteiger partial charge in [-0.2, -0.15) is 0 Å². The van der Waals surface area contributed by atoms with E-state index in [1.165, 1.54) is 5.57 Å². The highest BCUT2D eigenvalue weighted by Gasteiger charge is 2.25. The lowest BCUT2D eigenvalue weighted by atomic mass is 9.95. The van der Waals surface area contributed by atoms with E-state index in [9.17, 15) is 14.4 Å². The number of nitrogens with zero attached hydrogens (tertiary/aromatic N) is 2. The smallest absolute Gasteiger partial charge is 0.410 e. The van der Waals surface area contributed by atoms with Crippen molar-refractivity contribution in [3.05, 3.63) is 76.4 Å². The number of hydrogen-bond donors (Lipinski definition) is 1. The van der Waals surface area contributed by atoms with Gasteiger partial charge in [-0.3, -0.25) is 4.79 Å². The first kappa shape index (κ1) is 31.9. The Hall–Kier alpha value is -4.07. The minimum absolute atomic E-state index is 0.154.